The highest BCUT2D eigenvalue weighted by atomic mass is 35.5. The zero-order valence-electron chi connectivity index (χ0n) is 5.82. The molecule has 0 unspecified atom stereocenters. The molecule has 0 atom stereocenters. The van der Waals surface area contributed by atoms with E-state index in [1.807, 2.05) is 13.8 Å². The Hall–Kier alpha value is -0.0800. The number of thiophene rings is 1. The van der Waals surface area contributed by atoms with E-state index in [-0.39, 0.29) is 11.7 Å². The second kappa shape index (κ2) is 2.89. The van der Waals surface area contributed by atoms with Gasteiger partial charge in [-0.15, -0.1) is 11.3 Å². The maximum Gasteiger partial charge on any atom is 0.138 e. The Morgan fingerprint density at radius 3 is 2.40 bits per heavy atom. The van der Waals surface area contributed by atoms with Crippen molar-refractivity contribution in [2.75, 3.05) is 0 Å². The highest BCUT2D eigenvalue weighted by Crippen LogP contribution is 2.30. The lowest BCUT2D eigenvalue weighted by Gasteiger charge is -1.97. The van der Waals surface area contributed by atoms with Crippen LogP contribution in [0.5, 0.6) is 0 Å². The van der Waals surface area contributed by atoms with Crippen molar-refractivity contribution in [2.45, 2.75) is 19.8 Å². The smallest absolute Gasteiger partial charge is 0.138 e. The summed E-state index contributed by atoms with van der Waals surface area (Å²) in [6.07, 6.45) is 0. The lowest BCUT2D eigenvalue weighted by Crippen LogP contribution is -1.83. The molecule has 0 N–H and O–H groups in total. The van der Waals surface area contributed by atoms with Gasteiger partial charge in [-0.05, 0) is 5.92 Å². The van der Waals surface area contributed by atoms with Crippen molar-refractivity contribution in [2.24, 2.45) is 0 Å². The number of rotatable bonds is 1. The van der Waals surface area contributed by atoms with E-state index in [2.05, 4.69) is 0 Å². The molecule has 0 amide bonds. The van der Waals surface area contributed by atoms with Gasteiger partial charge in [-0.25, -0.2) is 4.39 Å². The van der Waals surface area contributed by atoms with Gasteiger partial charge in [0.2, 0.25) is 0 Å². The van der Waals surface area contributed by atoms with Crippen LogP contribution in [0.2, 0.25) is 4.34 Å². The van der Waals surface area contributed by atoms with Crippen molar-refractivity contribution in [1.82, 2.24) is 0 Å². The molecule has 1 aromatic heterocycles. The van der Waals surface area contributed by atoms with E-state index >= 15 is 0 Å². The van der Waals surface area contributed by atoms with Crippen LogP contribution in [0.15, 0.2) is 6.07 Å². The van der Waals surface area contributed by atoms with Crippen LogP contribution in [0.25, 0.3) is 0 Å². The normalized spacial score (nSPS) is 10.9. The summed E-state index contributed by atoms with van der Waals surface area (Å²) in [6, 6.07) is 1.36. The van der Waals surface area contributed by atoms with Gasteiger partial charge < -0.3 is 0 Å². The average Bonchev–Trinajstić information content (AvgIpc) is 2.10. The molecule has 0 aliphatic carbocycles. The van der Waals surface area contributed by atoms with Crippen LogP contribution in [0, 0.1) is 5.82 Å². The van der Waals surface area contributed by atoms with E-state index in [4.69, 9.17) is 11.6 Å². The molecule has 0 fully saturated rings. The van der Waals surface area contributed by atoms with Gasteiger partial charge in [-0.1, -0.05) is 25.4 Å². The lowest BCUT2D eigenvalue weighted by molar-refractivity contribution is 0.609. The van der Waals surface area contributed by atoms with Gasteiger partial charge in [0.25, 0.3) is 0 Å². The van der Waals surface area contributed by atoms with Crippen LogP contribution >= 0.6 is 22.9 Å². The Labute approximate surface area is 68.6 Å². The molecule has 0 bridgehead atoms. The third-order valence-electron chi connectivity index (χ3n) is 1.21. The zero-order valence-corrected chi connectivity index (χ0v) is 7.39. The first-order valence-corrected chi connectivity index (χ1v) is 4.25. The minimum absolute atomic E-state index is 0.176. The van der Waals surface area contributed by atoms with E-state index in [9.17, 15) is 4.39 Å². The highest BCUT2D eigenvalue weighted by molar-refractivity contribution is 7.16. The second-order valence-electron chi connectivity index (χ2n) is 2.42. The van der Waals surface area contributed by atoms with Crippen LogP contribution in [0.4, 0.5) is 4.39 Å². The highest BCUT2D eigenvalue weighted by Gasteiger charge is 2.09. The molecular weight excluding hydrogens is 171 g/mol. The van der Waals surface area contributed by atoms with Crippen LogP contribution in [0.3, 0.4) is 0 Å². The zero-order chi connectivity index (χ0) is 7.72. The van der Waals surface area contributed by atoms with Crippen LogP contribution in [-0.4, -0.2) is 0 Å². The van der Waals surface area contributed by atoms with E-state index < -0.39 is 0 Å². The molecule has 0 spiro atoms. The molecule has 0 aliphatic heterocycles. The first kappa shape index (κ1) is 8.02. The third kappa shape index (κ3) is 1.50. The fraction of sp³-hybridized carbons (Fsp3) is 0.429. The minimum atomic E-state index is -0.176. The van der Waals surface area contributed by atoms with Gasteiger partial charge in [-0.3, -0.25) is 0 Å². The van der Waals surface area contributed by atoms with Crippen molar-refractivity contribution >= 4 is 22.9 Å². The SMILES string of the molecule is CC(C)c1sc(Cl)cc1F. The Bertz CT molecular complexity index is 230. The maximum absolute atomic E-state index is 12.8. The van der Waals surface area contributed by atoms with Gasteiger partial charge in [-0.2, -0.15) is 0 Å². The van der Waals surface area contributed by atoms with Crippen LogP contribution in [-0.2, 0) is 0 Å². The molecule has 0 aromatic carbocycles. The first-order valence-electron chi connectivity index (χ1n) is 3.06. The summed E-state index contributed by atoms with van der Waals surface area (Å²) in [6.45, 7) is 3.90. The van der Waals surface area contributed by atoms with Gasteiger partial charge in [0.15, 0.2) is 0 Å². The Morgan fingerprint density at radius 1 is 1.60 bits per heavy atom. The van der Waals surface area contributed by atoms with E-state index in [1.165, 1.54) is 17.4 Å². The van der Waals surface area contributed by atoms with Crippen LogP contribution in [0.1, 0.15) is 24.6 Å². The summed E-state index contributed by atoms with van der Waals surface area (Å²) in [5.41, 5.74) is 0. The van der Waals surface area contributed by atoms with Crippen molar-refractivity contribution in [3.8, 4) is 0 Å². The van der Waals surface area contributed by atoms with E-state index in [1.54, 1.807) is 0 Å². The molecule has 3 heteroatoms. The third-order valence-corrected chi connectivity index (χ3v) is 2.75. The van der Waals surface area contributed by atoms with Crippen molar-refractivity contribution in [1.29, 1.82) is 0 Å². The summed E-state index contributed by atoms with van der Waals surface area (Å²) in [4.78, 5) is 0.741. The lowest BCUT2D eigenvalue weighted by atomic mass is 10.2. The molecule has 0 saturated heterocycles. The number of halogens is 2. The van der Waals surface area contributed by atoms with Gasteiger partial charge >= 0.3 is 0 Å². The summed E-state index contributed by atoms with van der Waals surface area (Å²) < 4.78 is 13.3. The predicted molar refractivity (Wildman–Crippen MR) is 43.4 cm³/mol. The van der Waals surface area contributed by atoms with Gasteiger partial charge in [0.05, 0.1) is 4.34 Å². The van der Waals surface area contributed by atoms with Crippen LogP contribution < -0.4 is 0 Å². The molecule has 56 valence electrons. The second-order valence-corrected chi connectivity index (χ2v) is 4.13. The average molecular weight is 179 g/mol. The summed E-state index contributed by atoms with van der Waals surface area (Å²) in [5.74, 6) is 0.0579. The molecular formula is C7H8ClFS. The maximum atomic E-state index is 12.8. The summed E-state index contributed by atoms with van der Waals surface area (Å²) in [7, 11) is 0. The molecule has 1 heterocycles. The van der Waals surface area contributed by atoms with Crippen molar-refractivity contribution < 1.29 is 4.39 Å². The molecule has 10 heavy (non-hydrogen) atoms. The van der Waals surface area contributed by atoms with E-state index in [0.717, 1.165) is 4.88 Å². The molecule has 0 saturated carbocycles. The molecule has 0 radical (unpaired) electrons. The fourth-order valence-electron chi connectivity index (χ4n) is 0.748. The minimum Gasteiger partial charge on any atom is -0.206 e. The standard InChI is InChI=1S/C7H8ClFS/c1-4(2)7-5(9)3-6(8)10-7/h3-4H,1-2H3. The Morgan fingerprint density at radius 2 is 2.20 bits per heavy atom. The number of hydrogen-bond acceptors (Lipinski definition) is 1. The molecule has 1 aromatic rings. The predicted octanol–water partition coefficient (Wildman–Crippen LogP) is 3.66. The Balaban J connectivity index is 3.03. The quantitative estimate of drug-likeness (QED) is 0.616. The molecule has 0 aliphatic rings. The summed E-state index contributed by atoms with van der Waals surface area (Å²) in [5, 5.41) is 0. The van der Waals surface area contributed by atoms with E-state index in [0.29, 0.717) is 4.34 Å². The Kier molecular flexibility index (Phi) is 2.32. The van der Waals surface area contributed by atoms with Crippen molar-refractivity contribution in [3.05, 3.63) is 21.1 Å². The van der Waals surface area contributed by atoms with Crippen molar-refractivity contribution in [3.63, 3.8) is 0 Å². The fourth-order valence-corrected chi connectivity index (χ4v) is 1.86. The van der Waals surface area contributed by atoms with Gasteiger partial charge in [0, 0.05) is 10.9 Å². The first-order chi connectivity index (χ1) is 4.61. The topological polar surface area (TPSA) is 0 Å². The number of hydrogen-bond donors (Lipinski definition) is 0. The molecule has 0 nitrogen and oxygen atoms in total. The molecule has 1 rings (SSSR count). The largest absolute Gasteiger partial charge is 0.206 e. The monoisotopic (exact) mass is 178 g/mol. The summed E-state index contributed by atoms with van der Waals surface area (Å²) >= 11 is 6.90. The van der Waals surface area contributed by atoms with Gasteiger partial charge in [0.1, 0.15) is 5.82 Å².